The molecule has 0 spiro atoms. The Morgan fingerprint density at radius 2 is 2.20 bits per heavy atom. The van der Waals surface area contributed by atoms with Crippen LogP contribution in [0.5, 0.6) is 0 Å². The van der Waals surface area contributed by atoms with E-state index in [-0.39, 0.29) is 0 Å². The first-order valence-electron chi connectivity index (χ1n) is 5.07. The molecule has 0 aliphatic carbocycles. The van der Waals surface area contributed by atoms with E-state index in [2.05, 4.69) is 22.2 Å². The zero-order chi connectivity index (χ0) is 11.4. The second-order valence-corrected chi connectivity index (χ2v) is 3.86. The van der Waals surface area contributed by atoms with E-state index in [0.717, 1.165) is 23.7 Å². The van der Waals surface area contributed by atoms with E-state index in [1.807, 2.05) is 33.0 Å². The number of hydrogen-bond acceptors (Lipinski definition) is 4. The lowest BCUT2D eigenvalue weighted by molar-refractivity contribution is 0.605. The minimum Gasteiger partial charge on any atom is -0.375 e. The van der Waals surface area contributed by atoms with Crippen molar-refractivity contribution >= 4 is 5.84 Å². The van der Waals surface area contributed by atoms with Crippen molar-refractivity contribution in [3.63, 3.8) is 0 Å². The highest BCUT2D eigenvalue weighted by molar-refractivity contribution is 5.85. The van der Waals surface area contributed by atoms with Crippen LogP contribution in [0, 0.1) is 0 Å². The van der Waals surface area contributed by atoms with Gasteiger partial charge in [-0.2, -0.15) is 0 Å². The Bertz CT molecular complexity index is 313. The second-order valence-electron chi connectivity index (χ2n) is 3.86. The number of nitrogens with one attached hydrogen (secondary N) is 2. The van der Waals surface area contributed by atoms with Gasteiger partial charge in [0.25, 0.3) is 0 Å². The molecule has 1 aliphatic heterocycles. The van der Waals surface area contributed by atoms with Gasteiger partial charge in [0.15, 0.2) is 0 Å². The SMILES string of the molecule is C=C(C)C1=C(NC)NCN=C(N(C)C)C1. The molecule has 0 aromatic rings. The molecule has 0 bridgehead atoms. The Hall–Kier alpha value is -1.45. The highest BCUT2D eigenvalue weighted by Gasteiger charge is 2.14. The summed E-state index contributed by atoms with van der Waals surface area (Å²) in [5.41, 5.74) is 2.27. The highest BCUT2D eigenvalue weighted by Crippen LogP contribution is 2.17. The predicted octanol–water partition coefficient (Wildman–Crippen LogP) is 0.904. The number of nitrogens with zero attached hydrogens (tertiary/aromatic N) is 2. The van der Waals surface area contributed by atoms with E-state index in [1.165, 1.54) is 5.57 Å². The van der Waals surface area contributed by atoms with E-state index < -0.39 is 0 Å². The Labute approximate surface area is 91.8 Å². The van der Waals surface area contributed by atoms with Crippen LogP contribution in [-0.2, 0) is 0 Å². The summed E-state index contributed by atoms with van der Waals surface area (Å²) in [5, 5.41) is 6.39. The third-order valence-corrected chi connectivity index (χ3v) is 2.44. The lowest BCUT2D eigenvalue weighted by atomic mass is 10.1. The molecule has 84 valence electrons. The zero-order valence-corrected chi connectivity index (χ0v) is 10.0. The van der Waals surface area contributed by atoms with E-state index in [4.69, 9.17) is 0 Å². The highest BCUT2D eigenvalue weighted by atomic mass is 15.2. The normalized spacial score (nSPS) is 16.4. The molecule has 0 atom stereocenters. The molecule has 1 aliphatic rings. The van der Waals surface area contributed by atoms with Crippen LogP contribution in [0.25, 0.3) is 0 Å². The van der Waals surface area contributed by atoms with Crippen molar-refractivity contribution in [3.8, 4) is 0 Å². The molecule has 2 N–H and O–H groups in total. The Morgan fingerprint density at radius 3 is 2.67 bits per heavy atom. The summed E-state index contributed by atoms with van der Waals surface area (Å²) in [7, 11) is 5.93. The minimum absolute atomic E-state index is 0.612. The fourth-order valence-electron chi connectivity index (χ4n) is 1.52. The lowest BCUT2D eigenvalue weighted by Gasteiger charge is -2.17. The van der Waals surface area contributed by atoms with Gasteiger partial charge in [0, 0.05) is 33.1 Å². The van der Waals surface area contributed by atoms with Crippen LogP contribution in [0.4, 0.5) is 0 Å². The smallest absolute Gasteiger partial charge is 0.110 e. The van der Waals surface area contributed by atoms with Crippen molar-refractivity contribution in [2.45, 2.75) is 13.3 Å². The largest absolute Gasteiger partial charge is 0.375 e. The summed E-state index contributed by atoms with van der Waals surface area (Å²) in [6.45, 7) is 6.63. The monoisotopic (exact) mass is 208 g/mol. The minimum atomic E-state index is 0.612. The van der Waals surface area contributed by atoms with Gasteiger partial charge in [0.2, 0.25) is 0 Å². The van der Waals surface area contributed by atoms with Crippen LogP contribution in [-0.4, -0.2) is 38.5 Å². The number of hydrogen-bond donors (Lipinski definition) is 2. The third-order valence-electron chi connectivity index (χ3n) is 2.44. The van der Waals surface area contributed by atoms with Crippen molar-refractivity contribution in [1.29, 1.82) is 0 Å². The van der Waals surface area contributed by atoms with Crippen LogP contribution in [0.1, 0.15) is 13.3 Å². The number of amidine groups is 1. The molecule has 4 nitrogen and oxygen atoms in total. The fraction of sp³-hybridized carbons (Fsp3) is 0.545. The summed E-state index contributed by atoms with van der Waals surface area (Å²) in [4.78, 5) is 6.51. The van der Waals surface area contributed by atoms with E-state index in [1.54, 1.807) is 0 Å². The molecular formula is C11H20N4. The average molecular weight is 208 g/mol. The summed E-state index contributed by atoms with van der Waals surface area (Å²) in [6, 6.07) is 0. The van der Waals surface area contributed by atoms with Gasteiger partial charge in [-0.25, -0.2) is 0 Å². The molecule has 0 aromatic heterocycles. The Kier molecular flexibility index (Phi) is 3.77. The first-order chi connectivity index (χ1) is 7.06. The second kappa shape index (κ2) is 4.87. The van der Waals surface area contributed by atoms with Gasteiger partial charge in [-0.15, -0.1) is 0 Å². The van der Waals surface area contributed by atoms with Crippen LogP contribution in [0.15, 0.2) is 28.5 Å². The molecule has 0 radical (unpaired) electrons. The molecule has 0 saturated heterocycles. The first-order valence-corrected chi connectivity index (χ1v) is 5.07. The maximum atomic E-state index is 4.46. The van der Waals surface area contributed by atoms with Crippen LogP contribution in [0.3, 0.4) is 0 Å². The molecule has 4 heteroatoms. The van der Waals surface area contributed by atoms with Gasteiger partial charge < -0.3 is 15.5 Å². The predicted molar refractivity (Wildman–Crippen MR) is 64.6 cm³/mol. The van der Waals surface area contributed by atoms with Gasteiger partial charge in [-0.05, 0) is 6.92 Å². The van der Waals surface area contributed by atoms with Gasteiger partial charge in [-0.3, -0.25) is 4.99 Å². The number of aliphatic imine (C=N–C) groups is 1. The van der Waals surface area contributed by atoms with Crippen molar-refractivity contribution in [2.24, 2.45) is 4.99 Å². The van der Waals surface area contributed by atoms with Crippen molar-refractivity contribution < 1.29 is 0 Å². The van der Waals surface area contributed by atoms with Crippen LogP contribution in [0.2, 0.25) is 0 Å². The van der Waals surface area contributed by atoms with E-state index in [0.29, 0.717) is 6.67 Å². The Morgan fingerprint density at radius 1 is 1.53 bits per heavy atom. The number of rotatable bonds is 2. The van der Waals surface area contributed by atoms with E-state index >= 15 is 0 Å². The molecule has 0 fully saturated rings. The van der Waals surface area contributed by atoms with Gasteiger partial charge >= 0.3 is 0 Å². The van der Waals surface area contributed by atoms with Gasteiger partial charge in [-0.1, -0.05) is 12.2 Å². The standard InChI is InChI=1S/C11H20N4/c1-8(2)9-6-10(15(4)5)13-7-14-11(9)12-3/h12,14H,1,6-7H2,2-5H3. The zero-order valence-electron chi connectivity index (χ0n) is 10.0. The molecule has 0 amide bonds. The van der Waals surface area contributed by atoms with Crippen molar-refractivity contribution in [1.82, 2.24) is 15.5 Å². The van der Waals surface area contributed by atoms with Gasteiger partial charge in [0.05, 0.1) is 0 Å². The van der Waals surface area contributed by atoms with Gasteiger partial charge in [0.1, 0.15) is 18.3 Å². The molecule has 0 aromatic carbocycles. The summed E-state index contributed by atoms with van der Waals surface area (Å²) in [5.74, 6) is 2.11. The third kappa shape index (κ3) is 2.75. The number of allylic oxidation sites excluding steroid dienone is 1. The quantitative estimate of drug-likeness (QED) is 0.708. The first kappa shape index (κ1) is 11.6. The topological polar surface area (TPSA) is 39.7 Å². The molecule has 1 heterocycles. The maximum absolute atomic E-state index is 4.46. The average Bonchev–Trinajstić information content (AvgIpc) is 2.38. The molecule has 1 rings (SSSR count). The maximum Gasteiger partial charge on any atom is 0.110 e. The summed E-state index contributed by atoms with van der Waals surface area (Å²) >= 11 is 0. The lowest BCUT2D eigenvalue weighted by Crippen LogP contribution is -2.24. The molecular weight excluding hydrogens is 188 g/mol. The molecule has 0 unspecified atom stereocenters. The van der Waals surface area contributed by atoms with E-state index in [9.17, 15) is 0 Å². The van der Waals surface area contributed by atoms with Crippen LogP contribution < -0.4 is 10.6 Å². The van der Waals surface area contributed by atoms with Crippen LogP contribution >= 0.6 is 0 Å². The molecule has 0 saturated carbocycles. The van der Waals surface area contributed by atoms with Crippen molar-refractivity contribution in [3.05, 3.63) is 23.5 Å². The Balaban J connectivity index is 2.98. The summed E-state index contributed by atoms with van der Waals surface area (Å²) < 4.78 is 0. The summed E-state index contributed by atoms with van der Waals surface area (Å²) in [6.07, 6.45) is 0.825. The molecule has 15 heavy (non-hydrogen) atoms. The van der Waals surface area contributed by atoms with Crippen molar-refractivity contribution in [2.75, 3.05) is 27.8 Å². The fourth-order valence-corrected chi connectivity index (χ4v) is 1.52.